The molecule has 0 aromatic heterocycles. The lowest BCUT2D eigenvalue weighted by molar-refractivity contribution is 0.0587. The first kappa shape index (κ1) is 16.9. The molecule has 0 radical (unpaired) electrons. The number of hydrogen-bond donors (Lipinski definition) is 2. The average Bonchev–Trinajstić information content (AvgIpc) is 2.10. The van der Waals surface area contributed by atoms with Gasteiger partial charge in [0, 0.05) is 19.1 Å². The maximum Gasteiger partial charge on any atom is 0.0712 e. The molecule has 0 aromatic carbocycles. The van der Waals surface area contributed by atoms with Gasteiger partial charge in [-0.15, -0.1) is 0 Å². The van der Waals surface area contributed by atoms with Crippen LogP contribution in [0, 0.1) is 11.3 Å². The fourth-order valence-corrected chi connectivity index (χ4v) is 1.82. The van der Waals surface area contributed by atoms with Crippen LogP contribution in [0.4, 0.5) is 0 Å². The van der Waals surface area contributed by atoms with Crippen molar-refractivity contribution in [3.05, 3.63) is 0 Å². The maximum absolute atomic E-state index is 10.0. The molecule has 0 aliphatic heterocycles. The SMILES string of the molecule is CC(C)CC(CN(C)C)NCC(O)C(C)(C)C. The van der Waals surface area contributed by atoms with E-state index in [1.165, 1.54) is 0 Å². The summed E-state index contributed by atoms with van der Waals surface area (Å²) in [7, 11) is 4.18. The number of nitrogens with zero attached hydrogens (tertiary/aromatic N) is 1. The molecule has 0 fully saturated rings. The molecule has 17 heavy (non-hydrogen) atoms. The average molecular weight is 244 g/mol. The molecule has 2 N–H and O–H groups in total. The summed E-state index contributed by atoms with van der Waals surface area (Å²) in [6.45, 7) is 12.4. The number of hydrogen-bond acceptors (Lipinski definition) is 3. The topological polar surface area (TPSA) is 35.5 Å². The normalized spacial score (nSPS) is 16.6. The van der Waals surface area contributed by atoms with Crippen LogP contribution in [0.3, 0.4) is 0 Å². The Hall–Kier alpha value is -0.120. The van der Waals surface area contributed by atoms with Gasteiger partial charge in [0.2, 0.25) is 0 Å². The summed E-state index contributed by atoms with van der Waals surface area (Å²) in [5.41, 5.74) is -0.0481. The van der Waals surface area contributed by atoms with E-state index in [2.05, 4.69) is 58.9 Å². The van der Waals surface area contributed by atoms with Crippen LogP contribution in [0.2, 0.25) is 0 Å². The van der Waals surface area contributed by atoms with Crippen molar-refractivity contribution in [1.82, 2.24) is 10.2 Å². The molecule has 0 rings (SSSR count). The van der Waals surface area contributed by atoms with Gasteiger partial charge in [-0.2, -0.15) is 0 Å². The van der Waals surface area contributed by atoms with Crippen molar-refractivity contribution in [2.75, 3.05) is 27.2 Å². The van der Waals surface area contributed by atoms with Gasteiger partial charge in [-0.05, 0) is 31.8 Å². The zero-order valence-electron chi connectivity index (χ0n) is 12.7. The zero-order valence-corrected chi connectivity index (χ0v) is 12.7. The molecule has 2 unspecified atom stereocenters. The van der Waals surface area contributed by atoms with E-state index < -0.39 is 0 Å². The van der Waals surface area contributed by atoms with Gasteiger partial charge >= 0.3 is 0 Å². The Kier molecular flexibility index (Phi) is 7.29. The maximum atomic E-state index is 10.0. The molecule has 0 spiro atoms. The predicted molar refractivity (Wildman–Crippen MR) is 75.3 cm³/mol. The molecule has 0 aliphatic carbocycles. The minimum atomic E-state index is -0.292. The molecule has 0 aromatic rings. The minimum Gasteiger partial charge on any atom is -0.391 e. The highest BCUT2D eigenvalue weighted by atomic mass is 16.3. The predicted octanol–water partition coefficient (Wildman–Crippen LogP) is 1.96. The van der Waals surface area contributed by atoms with Crippen LogP contribution in [0.25, 0.3) is 0 Å². The molecule has 0 bridgehead atoms. The molecule has 0 saturated carbocycles. The number of aliphatic hydroxyl groups excluding tert-OH is 1. The fraction of sp³-hybridized carbons (Fsp3) is 1.00. The minimum absolute atomic E-state index is 0.0481. The second-order valence-electron chi connectivity index (χ2n) is 6.88. The molecule has 0 heterocycles. The number of aliphatic hydroxyl groups is 1. The third kappa shape index (κ3) is 8.58. The number of nitrogens with one attached hydrogen (secondary N) is 1. The van der Waals surface area contributed by atoms with Gasteiger partial charge in [-0.25, -0.2) is 0 Å². The summed E-state index contributed by atoms with van der Waals surface area (Å²) in [6, 6.07) is 0.460. The fourth-order valence-electron chi connectivity index (χ4n) is 1.82. The Balaban J connectivity index is 4.15. The summed E-state index contributed by atoms with van der Waals surface area (Å²) in [4.78, 5) is 2.20. The first-order valence-electron chi connectivity index (χ1n) is 6.69. The van der Waals surface area contributed by atoms with Crippen molar-refractivity contribution in [3.8, 4) is 0 Å². The van der Waals surface area contributed by atoms with Gasteiger partial charge < -0.3 is 15.3 Å². The molecule has 0 amide bonds. The summed E-state index contributed by atoms with van der Waals surface area (Å²) in [6.07, 6.45) is 0.856. The molecule has 104 valence electrons. The van der Waals surface area contributed by atoms with Crippen LogP contribution < -0.4 is 5.32 Å². The van der Waals surface area contributed by atoms with E-state index in [1.54, 1.807) is 0 Å². The van der Waals surface area contributed by atoms with Crippen LogP contribution in [-0.4, -0.2) is 49.3 Å². The van der Waals surface area contributed by atoms with Crippen LogP contribution in [-0.2, 0) is 0 Å². The van der Waals surface area contributed by atoms with Gasteiger partial charge in [0.05, 0.1) is 6.10 Å². The van der Waals surface area contributed by atoms with Crippen LogP contribution in [0.1, 0.15) is 41.0 Å². The summed E-state index contributed by atoms with van der Waals surface area (Å²) < 4.78 is 0. The van der Waals surface area contributed by atoms with E-state index in [9.17, 15) is 5.11 Å². The molecule has 3 nitrogen and oxygen atoms in total. The standard InChI is InChI=1S/C14H32N2O/c1-11(2)8-12(10-16(6)7)15-9-13(17)14(3,4)5/h11-13,15,17H,8-10H2,1-7H3. The van der Waals surface area contributed by atoms with Gasteiger partial charge in [0.25, 0.3) is 0 Å². The van der Waals surface area contributed by atoms with Gasteiger partial charge in [0.15, 0.2) is 0 Å². The second kappa shape index (κ2) is 7.34. The number of likely N-dealkylation sites (N-methyl/N-ethyl adjacent to an activating group) is 1. The second-order valence-corrected chi connectivity index (χ2v) is 6.88. The Morgan fingerprint density at radius 1 is 1.18 bits per heavy atom. The van der Waals surface area contributed by atoms with Gasteiger partial charge in [-0.1, -0.05) is 34.6 Å². The zero-order chi connectivity index (χ0) is 13.6. The quantitative estimate of drug-likeness (QED) is 0.718. The Morgan fingerprint density at radius 3 is 2.06 bits per heavy atom. The molecular formula is C14H32N2O. The monoisotopic (exact) mass is 244 g/mol. The van der Waals surface area contributed by atoms with Crippen LogP contribution in [0.5, 0.6) is 0 Å². The molecule has 0 saturated heterocycles. The summed E-state index contributed by atoms with van der Waals surface area (Å²) in [5.74, 6) is 0.680. The van der Waals surface area contributed by atoms with E-state index in [-0.39, 0.29) is 11.5 Å². The van der Waals surface area contributed by atoms with Crippen molar-refractivity contribution in [1.29, 1.82) is 0 Å². The highest BCUT2D eigenvalue weighted by molar-refractivity contribution is 4.78. The van der Waals surface area contributed by atoms with E-state index in [0.29, 0.717) is 18.5 Å². The van der Waals surface area contributed by atoms with Crippen molar-refractivity contribution in [2.45, 2.75) is 53.2 Å². The van der Waals surface area contributed by atoms with Crippen LogP contribution >= 0.6 is 0 Å². The first-order chi connectivity index (χ1) is 7.62. The molecule has 0 aliphatic rings. The highest BCUT2D eigenvalue weighted by Crippen LogP contribution is 2.18. The smallest absolute Gasteiger partial charge is 0.0712 e. The number of rotatable bonds is 7. The summed E-state index contributed by atoms with van der Waals surface area (Å²) >= 11 is 0. The van der Waals surface area contributed by atoms with Gasteiger partial charge in [-0.3, -0.25) is 0 Å². The third-order valence-electron chi connectivity index (χ3n) is 2.94. The summed E-state index contributed by atoms with van der Waals surface area (Å²) in [5, 5.41) is 13.5. The van der Waals surface area contributed by atoms with Crippen molar-refractivity contribution in [2.24, 2.45) is 11.3 Å². The van der Waals surface area contributed by atoms with Crippen LogP contribution in [0.15, 0.2) is 0 Å². The van der Waals surface area contributed by atoms with Crippen molar-refractivity contribution in [3.63, 3.8) is 0 Å². The Morgan fingerprint density at radius 2 is 1.71 bits per heavy atom. The van der Waals surface area contributed by atoms with Crippen molar-refractivity contribution >= 4 is 0 Å². The van der Waals surface area contributed by atoms with E-state index in [4.69, 9.17) is 0 Å². The highest BCUT2D eigenvalue weighted by Gasteiger charge is 2.23. The largest absolute Gasteiger partial charge is 0.391 e. The van der Waals surface area contributed by atoms with Gasteiger partial charge in [0.1, 0.15) is 0 Å². The lowest BCUT2D eigenvalue weighted by Gasteiger charge is -2.30. The Labute approximate surface area is 108 Å². The van der Waals surface area contributed by atoms with E-state index in [1.807, 2.05) is 0 Å². The van der Waals surface area contributed by atoms with E-state index >= 15 is 0 Å². The van der Waals surface area contributed by atoms with E-state index in [0.717, 1.165) is 13.0 Å². The lowest BCUT2D eigenvalue weighted by Crippen LogP contribution is -2.45. The first-order valence-corrected chi connectivity index (χ1v) is 6.69. The molecular weight excluding hydrogens is 212 g/mol. The molecule has 3 heteroatoms. The molecule has 2 atom stereocenters. The third-order valence-corrected chi connectivity index (χ3v) is 2.94. The Bertz CT molecular complexity index is 187. The van der Waals surface area contributed by atoms with Crippen molar-refractivity contribution < 1.29 is 5.11 Å². The lowest BCUT2D eigenvalue weighted by atomic mass is 9.89.